The lowest BCUT2D eigenvalue weighted by Gasteiger charge is -2.12. The number of methoxy groups -OCH3 is 1. The second-order valence-electron chi connectivity index (χ2n) is 4.39. The number of carbonyl (C=O) groups excluding carboxylic acids is 1. The third-order valence-electron chi connectivity index (χ3n) is 3.00. The zero-order chi connectivity index (χ0) is 16.1. The van der Waals surface area contributed by atoms with Gasteiger partial charge in [-0.1, -0.05) is 18.2 Å². The fourth-order valence-corrected chi connectivity index (χ4v) is 1.97. The summed E-state index contributed by atoms with van der Waals surface area (Å²) in [6, 6.07) is 8.84. The molecule has 116 valence electrons. The predicted octanol–water partition coefficient (Wildman–Crippen LogP) is 3.96. The lowest BCUT2D eigenvalue weighted by Crippen LogP contribution is -2.08. The molecule has 6 heteroatoms. The number of benzene rings is 2. The average molecular weight is 310 g/mol. The molecule has 0 bridgehead atoms. The number of carbonyl (C=O) groups is 1. The third-order valence-corrected chi connectivity index (χ3v) is 3.00. The lowest BCUT2D eigenvalue weighted by molar-refractivity contribution is 0.0809. The summed E-state index contributed by atoms with van der Waals surface area (Å²) in [6.45, 7) is -0.842. The van der Waals surface area contributed by atoms with Gasteiger partial charge in [-0.25, -0.2) is 13.2 Å². The van der Waals surface area contributed by atoms with Crippen molar-refractivity contribution in [3.05, 3.63) is 47.8 Å². The second kappa shape index (κ2) is 6.98. The first-order chi connectivity index (χ1) is 10.6. The van der Waals surface area contributed by atoms with Crippen LogP contribution in [0.4, 0.5) is 13.2 Å². The Hall–Kier alpha value is -2.50. The van der Waals surface area contributed by atoms with Crippen LogP contribution in [0.5, 0.6) is 11.5 Å². The molecule has 0 N–H and O–H groups in total. The van der Waals surface area contributed by atoms with Crippen molar-refractivity contribution in [2.75, 3.05) is 13.7 Å². The maximum Gasteiger partial charge on any atom is 0.272 e. The third kappa shape index (κ3) is 3.39. The van der Waals surface area contributed by atoms with Gasteiger partial charge in [-0.2, -0.15) is 0 Å². The monoisotopic (exact) mass is 310 g/mol. The van der Waals surface area contributed by atoms with E-state index in [0.29, 0.717) is 11.8 Å². The first-order valence-corrected chi connectivity index (χ1v) is 6.40. The highest BCUT2D eigenvalue weighted by atomic mass is 19.3. The quantitative estimate of drug-likeness (QED) is 0.758. The Morgan fingerprint density at radius 3 is 2.59 bits per heavy atom. The molecule has 2 rings (SSSR count). The Labute approximate surface area is 125 Å². The number of rotatable bonds is 6. The Bertz CT molecular complexity index is 672. The summed E-state index contributed by atoms with van der Waals surface area (Å²) in [5, 5.41) is 0. The summed E-state index contributed by atoms with van der Waals surface area (Å²) in [5.74, 6) is -0.536. The minimum absolute atomic E-state index is 0.0185. The van der Waals surface area contributed by atoms with E-state index in [2.05, 4.69) is 0 Å². The second-order valence-corrected chi connectivity index (χ2v) is 4.39. The van der Waals surface area contributed by atoms with Gasteiger partial charge < -0.3 is 9.47 Å². The summed E-state index contributed by atoms with van der Waals surface area (Å²) in [4.78, 5) is 10.9. The van der Waals surface area contributed by atoms with Crippen molar-refractivity contribution in [2.24, 2.45) is 0 Å². The summed E-state index contributed by atoms with van der Waals surface area (Å²) < 4.78 is 48.5. The van der Waals surface area contributed by atoms with Crippen molar-refractivity contribution < 1.29 is 27.4 Å². The van der Waals surface area contributed by atoms with Crippen LogP contribution >= 0.6 is 0 Å². The number of aldehydes is 1. The zero-order valence-electron chi connectivity index (χ0n) is 11.7. The van der Waals surface area contributed by atoms with Crippen LogP contribution in [0.1, 0.15) is 10.4 Å². The van der Waals surface area contributed by atoms with Gasteiger partial charge in [0.15, 0.2) is 17.9 Å². The molecule has 0 aliphatic heterocycles. The minimum Gasteiger partial charge on any atom is -0.494 e. The standard InChI is InChI=1S/C16H13F3O3/c1-21-13-4-2-3-12(16(13)19)10-5-6-11(8-20)14(7-10)22-9-15(17)18/h2-8,15H,9H2,1H3. The van der Waals surface area contributed by atoms with E-state index in [4.69, 9.17) is 9.47 Å². The van der Waals surface area contributed by atoms with Crippen LogP contribution in [0, 0.1) is 5.82 Å². The van der Waals surface area contributed by atoms with Crippen LogP contribution in [0.15, 0.2) is 36.4 Å². The average Bonchev–Trinajstić information content (AvgIpc) is 2.52. The van der Waals surface area contributed by atoms with Crippen molar-refractivity contribution >= 4 is 6.29 Å². The van der Waals surface area contributed by atoms with Gasteiger partial charge in [-0.05, 0) is 23.8 Å². The smallest absolute Gasteiger partial charge is 0.272 e. The van der Waals surface area contributed by atoms with E-state index < -0.39 is 18.8 Å². The molecule has 2 aromatic carbocycles. The lowest BCUT2D eigenvalue weighted by atomic mass is 10.0. The SMILES string of the molecule is COc1cccc(-c2ccc(C=O)c(OCC(F)F)c2)c1F. The van der Waals surface area contributed by atoms with E-state index >= 15 is 0 Å². The topological polar surface area (TPSA) is 35.5 Å². The number of halogens is 3. The first kappa shape index (κ1) is 15.9. The van der Waals surface area contributed by atoms with Crippen LogP contribution in [0.25, 0.3) is 11.1 Å². The molecule has 0 spiro atoms. The molecule has 0 saturated heterocycles. The van der Waals surface area contributed by atoms with Crippen molar-refractivity contribution in [1.29, 1.82) is 0 Å². The normalized spacial score (nSPS) is 10.6. The number of hydrogen-bond donors (Lipinski definition) is 0. The number of hydrogen-bond acceptors (Lipinski definition) is 3. The van der Waals surface area contributed by atoms with E-state index in [-0.39, 0.29) is 22.6 Å². The fourth-order valence-electron chi connectivity index (χ4n) is 1.97. The summed E-state index contributed by atoms with van der Waals surface area (Å²) >= 11 is 0. The van der Waals surface area contributed by atoms with E-state index in [1.54, 1.807) is 6.07 Å². The van der Waals surface area contributed by atoms with Crippen LogP contribution < -0.4 is 9.47 Å². The van der Waals surface area contributed by atoms with Crippen molar-refractivity contribution in [2.45, 2.75) is 6.43 Å². The maximum absolute atomic E-state index is 14.2. The molecule has 0 aliphatic carbocycles. The molecular weight excluding hydrogens is 297 g/mol. The van der Waals surface area contributed by atoms with Gasteiger partial charge in [0.25, 0.3) is 6.43 Å². The Morgan fingerprint density at radius 2 is 1.95 bits per heavy atom. The fraction of sp³-hybridized carbons (Fsp3) is 0.188. The Balaban J connectivity index is 2.44. The molecule has 0 unspecified atom stereocenters. The van der Waals surface area contributed by atoms with Crippen LogP contribution in [0.3, 0.4) is 0 Å². The summed E-state index contributed by atoms with van der Waals surface area (Å²) in [6.07, 6.45) is -2.18. The van der Waals surface area contributed by atoms with Crippen LogP contribution in [-0.4, -0.2) is 26.4 Å². The van der Waals surface area contributed by atoms with Gasteiger partial charge in [-0.15, -0.1) is 0 Å². The van der Waals surface area contributed by atoms with Gasteiger partial charge in [-0.3, -0.25) is 4.79 Å². The number of alkyl halides is 2. The van der Waals surface area contributed by atoms with Crippen molar-refractivity contribution in [3.8, 4) is 22.6 Å². The molecule has 0 aliphatic rings. The van der Waals surface area contributed by atoms with Crippen molar-refractivity contribution in [3.63, 3.8) is 0 Å². The molecule has 0 atom stereocenters. The van der Waals surface area contributed by atoms with E-state index in [1.165, 1.54) is 37.4 Å². The molecule has 0 amide bonds. The van der Waals surface area contributed by atoms with E-state index in [1.807, 2.05) is 0 Å². The van der Waals surface area contributed by atoms with Gasteiger partial charge in [0.2, 0.25) is 0 Å². The van der Waals surface area contributed by atoms with Gasteiger partial charge in [0.05, 0.1) is 12.7 Å². The molecule has 0 saturated carbocycles. The van der Waals surface area contributed by atoms with Crippen LogP contribution in [-0.2, 0) is 0 Å². The number of ether oxygens (including phenoxy) is 2. The molecule has 0 aromatic heterocycles. The van der Waals surface area contributed by atoms with Crippen molar-refractivity contribution in [1.82, 2.24) is 0 Å². The molecule has 0 radical (unpaired) electrons. The molecule has 22 heavy (non-hydrogen) atoms. The van der Waals surface area contributed by atoms with Gasteiger partial charge in [0, 0.05) is 5.56 Å². The minimum atomic E-state index is -2.67. The van der Waals surface area contributed by atoms with Gasteiger partial charge in [0.1, 0.15) is 12.4 Å². The predicted molar refractivity (Wildman–Crippen MR) is 75.3 cm³/mol. The molecule has 3 nitrogen and oxygen atoms in total. The largest absolute Gasteiger partial charge is 0.494 e. The maximum atomic E-state index is 14.2. The van der Waals surface area contributed by atoms with E-state index in [0.717, 1.165) is 0 Å². The summed E-state index contributed by atoms with van der Waals surface area (Å²) in [7, 11) is 1.34. The molecule has 0 fully saturated rings. The molecule has 2 aromatic rings. The molecule has 0 heterocycles. The first-order valence-electron chi connectivity index (χ1n) is 6.40. The zero-order valence-corrected chi connectivity index (χ0v) is 11.7. The highest BCUT2D eigenvalue weighted by molar-refractivity contribution is 5.82. The highest BCUT2D eigenvalue weighted by Gasteiger charge is 2.14. The Kier molecular flexibility index (Phi) is 5.04. The molecular formula is C16H13F3O3. The summed E-state index contributed by atoms with van der Waals surface area (Å²) in [5.41, 5.74) is 0.734. The van der Waals surface area contributed by atoms with Crippen LogP contribution in [0.2, 0.25) is 0 Å². The highest BCUT2D eigenvalue weighted by Crippen LogP contribution is 2.32. The van der Waals surface area contributed by atoms with Gasteiger partial charge >= 0.3 is 0 Å². The Morgan fingerprint density at radius 1 is 1.18 bits per heavy atom. The van der Waals surface area contributed by atoms with E-state index in [9.17, 15) is 18.0 Å².